The van der Waals surface area contributed by atoms with Gasteiger partial charge in [-0.15, -0.1) is 0 Å². The van der Waals surface area contributed by atoms with Crippen LogP contribution in [0.4, 0.5) is 0 Å². The fourth-order valence-electron chi connectivity index (χ4n) is 1.33. The normalized spacial score (nSPS) is 20.6. The van der Waals surface area contributed by atoms with Gasteiger partial charge in [-0.1, -0.05) is 11.0 Å². The van der Waals surface area contributed by atoms with Crippen LogP contribution in [-0.4, -0.2) is 23.6 Å². The minimum absolute atomic E-state index is 0.0216. The smallest absolute Gasteiger partial charge is 0.330 e. The highest BCUT2D eigenvalue weighted by Gasteiger charge is 2.20. The van der Waals surface area contributed by atoms with Crippen LogP contribution in [0.3, 0.4) is 0 Å². The highest BCUT2D eigenvalue weighted by Crippen LogP contribution is 2.16. The van der Waals surface area contributed by atoms with Crippen molar-refractivity contribution >= 4 is 13.9 Å². The van der Waals surface area contributed by atoms with Crippen LogP contribution in [0.2, 0.25) is 0 Å². The van der Waals surface area contributed by atoms with Crippen LogP contribution < -0.4 is 4.89 Å². The Morgan fingerprint density at radius 3 is 2.83 bits per heavy atom. The molecule has 4 nitrogen and oxygen atoms in total. The summed E-state index contributed by atoms with van der Waals surface area (Å²) in [5.74, 6) is -0.0216. The molecule has 1 atom stereocenters. The molecule has 0 aromatic carbocycles. The number of likely N-dealkylation sites (tertiary alicyclic amines) is 1. The molecular weight excluding hydrogens is 177 g/mol. The summed E-state index contributed by atoms with van der Waals surface area (Å²) in [6.07, 6.45) is 3.25. The molecule has 1 fully saturated rings. The fraction of sp³-hybridized carbons (Fsp3) is 0.857. The van der Waals surface area contributed by atoms with Gasteiger partial charge in [-0.05, 0) is 12.8 Å². The lowest BCUT2D eigenvalue weighted by Crippen LogP contribution is -2.30. The Kier molecular flexibility index (Phi) is 3.63. The molecule has 0 aliphatic carbocycles. The summed E-state index contributed by atoms with van der Waals surface area (Å²) in [6.45, 7) is 0.599. The summed E-state index contributed by atoms with van der Waals surface area (Å²) < 4.78 is 10.4. The molecule has 0 radical (unpaired) electrons. The number of nitrogens with zero attached hydrogens (tertiary/aromatic N) is 1. The summed E-state index contributed by atoms with van der Waals surface area (Å²) >= 11 is 0. The molecule has 0 aromatic rings. The zero-order chi connectivity index (χ0) is 8.97. The first-order valence-electron chi connectivity index (χ1n) is 4.10. The van der Waals surface area contributed by atoms with Gasteiger partial charge in [0.15, 0.2) is 0 Å². The van der Waals surface area contributed by atoms with Gasteiger partial charge in [-0.2, -0.15) is 0 Å². The van der Waals surface area contributed by atoms with Crippen molar-refractivity contribution in [2.45, 2.75) is 25.7 Å². The monoisotopic (exact) mass is 189 g/mol. The second-order valence-electron chi connectivity index (χ2n) is 2.94. The number of hydrogen-bond donors (Lipinski definition) is 0. The van der Waals surface area contributed by atoms with Crippen molar-refractivity contribution in [1.82, 2.24) is 4.90 Å². The van der Waals surface area contributed by atoms with Gasteiger partial charge in [0, 0.05) is 13.0 Å². The van der Waals surface area contributed by atoms with Crippen molar-refractivity contribution in [3.05, 3.63) is 0 Å². The molecule has 1 aliphatic rings. The topological polar surface area (TPSA) is 60.4 Å². The molecule has 1 amide bonds. The van der Waals surface area contributed by atoms with Gasteiger partial charge >= 0.3 is 8.03 Å². The molecule has 1 aliphatic heterocycles. The predicted octanol–water partition coefficient (Wildman–Crippen LogP) is 0.449. The molecule has 68 valence electrons. The Morgan fingerprint density at radius 2 is 2.17 bits per heavy atom. The van der Waals surface area contributed by atoms with E-state index < -0.39 is 8.03 Å². The Bertz CT molecular complexity index is 195. The van der Waals surface area contributed by atoms with Gasteiger partial charge in [-0.3, -0.25) is 4.79 Å². The first-order valence-corrected chi connectivity index (χ1v) is 5.46. The molecule has 1 saturated heterocycles. The third-order valence-electron chi connectivity index (χ3n) is 1.96. The van der Waals surface area contributed by atoms with Crippen LogP contribution in [0.15, 0.2) is 0 Å². The third kappa shape index (κ3) is 2.88. The lowest BCUT2D eigenvalue weighted by molar-refractivity contribution is -0.167. The molecule has 0 saturated carbocycles. The van der Waals surface area contributed by atoms with Crippen molar-refractivity contribution < 1.29 is 14.3 Å². The summed E-state index contributed by atoms with van der Waals surface area (Å²) in [5, 5.41) is 0. The van der Waals surface area contributed by atoms with E-state index in [1.165, 1.54) is 4.90 Å². The van der Waals surface area contributed by atoms with E-state index in [2.05, 4.69) is 0 Å². The number of rotatable bonds is 2. The van der Waals surface area contributed by atoms with Crippen LogP contribution in [0, 0.1) is 0 Å². The van der Waals surface area contributed by atoms with Gasteiger partial charge in [0.25, 0.3) is 0 Å². The maximum Gasteiger partial charge on any atom is 0.330 e. The molecule has 0 aromatic heterocycles. The fourth-order valence-corrected chi connectivity index (χ4v) is 1.91. The molecule has 0 bridgehead atoms. The summed E-state index contributed by atoms with van der Waals surface area (Å²) in [7, 11) is -2.46. The highest BCUT2D eigenvalue weighted by molar-refractivity contribution is 7.36. The van der Waals surface area contributed by atoms with E-state index in [1.807, 2.05) is 0 Å². The van der Waals surface area contributed by atoms with Crippen molar-refractivity contribution in [2.75, 3.05) is 12.8 Å². The Morgan fingerprint density at radius 1 is 1.42 bits per heavy atom. The quantitative estimate of drug-likeness (QED) is 0.592. The number of carbonyl (C=O) groups is 1. The van der Waals surface area contributed by atoms with Crippen molar-refractivity contribution in [3.8, 4) is 0 Å². The predicted molar refractivity (Wildman–Crippen MR) is 42.7 cm³/mol. The van der Waals surface area contributed by atoms with E-state index in [-0.39, 0.29) is 12.2 Å². The second-order valence-corrected chi connectivity index (χ2v) is 3.89. The molecule has 0 spiro atoms. The summed E-state index contributed by atoms with van der Waals surface area (Å²) in [4.78, 5) is 23.0. The minimum atomic E-state index is -2.46. The first kappa shape index (κ1) is 9.62. The van der Waals surface area contributed by atoms with Crippen LogP contribution in [-0.2, 0) is 9.36 Å². The highest BCUT2D eigenvalue weighted by atomic mass is 31.1. The largest absolute Gasteiger partial charge is 0.594 e. The van der Waals surface area contributed by atoms with Crippen molar-refractivity contribution in [1.29, 1.82) is 0 Å². The molecule has 0 N–H and O–H groups in total. The van der Waals surface area contributed by atoms with Crippen molar-refractivity contribution in [2.24, 2.45) is 0 Å². The Balaban J connectivity index is 2.47. The van der Waals surface area contributed by atoms with Gasteiger partial charge in [-0.25, -0.2) is 0 Å². The van der Waals surface area contributed by atoms with E-state index in [4.69, 9.17) is 0 Å². The summed E-state index contributed by atoms with van der Waals surface area (Å²) in [6, 6.07) is 0. The van der Waals surface area contributed by atoms with Crippen LogP contribution in [0.1, 0.15) is 25.7 Å². The summed E-state index contributed by atoms with van der Waals surface area (Å²) in [5.41, 5.74) is 0. The third-order valence-corrected chi connectivity index (χ3v) is 2.53. The van der Waals surface area contributed by atoms with E-state index in [0.717, 1.165) is 19.3 Å². The number of carbonyl (C=O) groups excluding carboxylic acids is 1. The van der Waals surface area contributed by atoms with Gasteiger partial charge < -0.3 is 9.79 Å². The van der Waals surface area contributed by atoms with E-state index in [1.54, 1.807) is 0 Å². The van der Waals surface area contributed by atoms with Crippen LogP contribution >= 0.6 is 8.03 Å². The SMILES string of the molecule is O=C1CCCCCN1C[P+](=O)[O-]. The first-order chi connectivity index (χ1) is 5.70. The molecule has 1 heterocycles. The maximum absolute atomic E-state index is 11.2. The van der Waals surface area contributed by atoms with Gasteiger partial charge in [0.2, 0.25) is 12.2 Å². The number of hydrogen-bond acceptors (Lipinski definition) is 3. The lowest BCUT2D eigenvalue weighted by Gasteiger charge is -2.14. The maximum atomic E-state index is 11.2. The average Bonchev–Trinajstić information content (AvgIpc) is 2.16. The zero-order valence-electron chi connectivity index (χ0n) is 6.86. The Hall–Kier alpha value is -0.470. The molecule has 5 heteroatoms. The minimum Gasteiger partial charge on any atom is -0.594 e. The zero-order valence-corrected chi connectivity index (χ0v) is 7.76. The van der Waals surface area contributed by atoms with E-state index in [9.17, 15) is 14.3 Å². The van der Waals surface area contributed by atoms with Crippen LogP contribution in [0.25, 0.3) is 0 Å². The van der Waals surface area contributed by atoms with Gasteiger partial charge in [0.1, 0.15) is 0 Å². The molecule has 1 unspecified atom stereocenters. The molecule has 1 rings (SSSR count). The standard InChI is InChI=1S/C7H12NO3P/c9-7-4-2-1-3-5-8(7)6-12(10)11/h1-6H2. The van der Waals surface area contributed by atoms with Crippen molar-refractivity contribution in [3.63, 3.8) is 0 Å². The van der Waals surface area contributed by atoms with Crippen LogP contribution in [0.5, 0.6) is 0 Å². The lowest BCUT2D eigenvalue weighted by atomic mass is 10.2. The second kappa shape index (κ2) is 4.53. The van der Waals surface area contributed by atoms with E-state index >= 15 is 0 Å². The number of amides is 1. The van der Waals surface area contributed by atoms with Gasteiger partial charge in [0.05, 0.1) is 0 Å². The van der Waals surface area contributed by atoms with E-state index in [0.29, 0.717) is 13.0 Å². The Labute approximate surface area is 72.4 Å². The average molecular weight is 189 g/mol. The molecule has 12 heavy (non-hydrogen) atoms. The molecular formula is C7H12NO3P.